The molecule has 156 valence electrons. The normalized spacial score (nSPS) is 14.3. The molecule has 3 aromatic carbocycles. The van der Waals surface area contributed by atoms with Gasteiger partial charge in [-0.3, -0.25) is 5.32 Å². The Morgan fingerprint density at radius 3 is 2.13 bits per heavy atom. The number of carboxylic acids is 1. The van der Waals surface area contributed by atoms with Gasteiger partial charge in [-0.25, -0.2) is 9.59 Å². The zero-order valence-corrected chi connectivity index (χ0v) is 17.1. The second-order valence-corrected chi connectivity index (χ2v) is 8.08. The monoisotopic (exact) mass is 413 g/mol. The number of rotatable bonds is 4. The highest BCUT2D eigenvalue weighted by atomic mass is 16.5. The molecule has 5 nitrogen and oxygen atoms in total. The lowest BCUT2D eigenvalue weighted by molar-refractivity contribution is 0.0695. The van der Waals surface area contributed by atoms with Crippen LogP contribution in [-0.2, 0) is 17.6 Å². The van der Waals surface area contributed by atoms with Gasteiger partial charge in [-0.1, -0.05) is 48.5 Å². The van der Waals surface area contributed by atoms with E-state index < -0.39 is 12.1 Å². The topological polar surface area (TPSA) is 75.6 Å². The molecular weight excluding hydrogens is 390 g/mol. The molecule has 2 aliphatic rings. The van der Waals surface area contributed by atoms with E-state index in [9.17, 15) is 14.7 Å². The Kier molecular flexibility index (Phi) is 4.94. The Bertz CT molecular complexity index is 1140. The van der Waals surface area contributed by atoms with Crippen molar-refractivity contribution in [1.29, 1.82) is 0 Å². The van der Waals surface area contributed by atoms with Gasteiger partial charge < -0.3 is 9.84 Å². The van der Waals surface area contributed by atoms with Crippen molar-refractivity contribution < 1.29 is 19.4 Å². The SMILES string of the molecule is O=C(Nc1ccc(C(=O)O)c2c1CCCC2)OCC1c2ccccc2-c2ccccc21. The minimum atomic E-state index is -0.925. The zero-order valence-electron chi connectivity index (χ0n) is 17.1. The molecular formula is C26H23NO4. The summed E-state index contributed by atoms with van der Waals surface area (Å²) in [6.07, 6.45) is 2.90. The summed E-state index contributed by atoms with van der Waals surface area (Å²) in [7, 11) is 0. The number of amides is 1. The first-order chi connectivity index (χ1) is 15.1. The summed E-state index contributed by atoms with van der Waals surface area (Å²) in [6, 6.07) is 19.7. The van der Waals surface area contributed by atoms with Gasteiger partial charge in [-0.15, -0.1) is 0 Å². The van der Waals surface area contributed by atoms with E-state index in [0.717, 1.165) is 36.8 Å². The van der Waals surface area contributed by atoms with E-state index >= 15 is 0 Å². The van der Waals surface area contributed by atoms with Gasteiger partial charge in [0.05, 0.1) is 5.56 Å². The van der Waals surface area contributed by atoms with E-state index in [1.54, 1.807) is 12.1 Å². The molecule has 0 saturated heterocycles. The Labute approximate surface area is 180 Å². The second kappa shape index (κ2) is 7.91. The van der Waals surface area contributed by atoms with Crippen LogP contribution in [0, 0.1) is 0 Å². The number of carbonyl (C=O) groups excluding carboxylic acids is 1. The number of ether oxygens (including phenoxy) is 1. The predicted molar refractivity (Wildman–Crippen MR) is 119 cm³/mol. The van der Waals surface area contributed by atoms with E-state index in [1.807, 2.05) is 24.3 Å². The van der Waals surface area contributed by atoms with Crippen molar-refractivity contribution in [1.82, 2.24) is 0 Å². The molecule has 5 heteroatoms. The van der Waals surface area contributed by atoms with E-state index in [0.29, 0.717) is 11.3 Å². The molecule has 0 bridgehead atoms. The molecule has 0 radical (unpaired) electrons. The highest BCUT2D eigenvalue weighted by molar-refractivity contribution is 5.93. The molecule has 0 heterocycles. The van der Waals surface area contributed by atoms with Crippen molar-refractivity contribution in [3.8, 4) is 11.1 Å². The van der Waals surface area contributed by atoms with E-state index in [4.69, 9.17) is 4.74 Å². The van der Waals surface area contributed by atoms with Crippen molar-refractivity contribution in [2.45, 2.75) is 31.6 Å². The number of carbonyl (C=O) groups is 2. The standard InChI is InChI=1S/C26H23NO4/c28-25(29)22-13-14-24(21-12-6-5-11-20(21)22)27-26(30)31-15-23-18-9-3-1-7-16(18)17-8-2-4-10-19(17)23/h1-4,7-10,13-14,23H,5-6,11-12,15H2,(H,27,30)(H,28,29). The van der Waals surface area contributed by atoms with Gasteiger partial charge in [0, 0.05) is 11.6 Å². The summed E-state index contributed by atoms with van der Waals surface area (Å²) < 4.78 is 5.65. The first-order valence-corrected chi connectivity index (χ1v) is 10.6. The van der Waals surface area contributed by atoms with Gasteiger partial charge in [0.25, 0.3) is 0 Å². The molecule has 3 aromatic rings. The van der Waals surface area contributed by atoms with Crippen molar-refractivity contribution in [3.05, 3.63) is 88.5 Å². The van der Waals surface area contributed by atoms with Gasteiger partial charge in [0.1, 0.15) is 6.61 Å². The van der Waals surface area contributed by atoms with Gasteiger partial charge in [0.15, 0.2) is 0 Å². The van der Waals surface area contributed by atoms with Crippen molar-refractivity contribution in [2.24, 2.45) is 0 Å². The zero-order chi connectivity index (χ0) is 21.4. The van der Waals surface area contributed by atoms with Gasteiger partial charge >= 0.3 is 12.1 Å². The van der Waals surface area contributed by atoms with Crippen LogP contribution in [0.5, 0.6) is 0 Å². The number of hydrogen-bond donors (Lipinski definition) is 2. The fourth-order valence-corrected chi connectivity index (χ4v) is 4.93. The Balaban J connectivity index is 1.34. The molecule has 31 heavy (non-hydrogen) atoms. The van der Waals surface area contributed by atoms with Crippen LogP contribution < -0.4 is 5.32 Å². The molecule has 0 fully saturated rings. The van der Waals surface area contributed by atoms with E-state index in [1.165, 1.54) is 22.3 Å². The van der Waals surface area contributed by atoms with Crippen LogP contribution in [0.1, 0.15) is 51.4 Å². The minimum absolute atomic E-state index is 0.00134. The molecule has 2 N–H and O–H groups in total. The Morgan fingerprint density at radius 2 is 1.48 bits per heavy atom. The van der Waals surface area contributed by atoms with Crippen LogP contribution in [0.25, 0.3) is 11.1 Å². The number of benzene rings is 3. The number of fused-ring (bicyclic) bond motifs is 4. The van der Waals surface area contributed by atoms with Crippen LogP contribution >= 0.6 is 0 Å². The van der Waals surface area contributed by atoms with Crippen LogP contribution in [-0.4, -0.2) is 23.8 Å². The molecule has 1 amide bonds. The van der Waals surface area contributed by atoms with E-state index in [2.05, 4.69) is 29.6 Å². The quantitative estimate of drug-likeness (QED) is 0.582. The first kappa shape index (κ1) is 19.4. The van der Waals surface area contributed by atoms with E-state index in [-0.39, 0.29) is 12.5 Å². The smallest absolute Gasteiger partial charge is 0.411 e. The molecule has 0 atom stereocenters. The summed E-state index contributed by atoms with van der Waals surface area (Å²) in [5.41, 5.74) is 7.43. The number of carboxylic acid groups (broad SMARTS) is 1. The molecule has 0 aliphatic heterocycles. The maximum absolute atomic E-state index is 12.6. The lowest BCUT2D eigenvalue weighted by Gasteiger charge is -2.22. The molecule has 0 unspecified atom stereocenters. The van der Waals surface area contributed by atoms with Gasteiger partial charge in [-0.05, 0) is 71.2 Å². The summed E-state index contributed by atoms with van der Waals surface area (Å²) in [4.78, 5) is 24.2. The lowest BCUT2D eigenvalue weighted by atomic mass is 9.87. The largest absolute Gasteiger partial charge is 0.478 e. The fourth-order valence-electron chi connectivity index (χ4n) is 4.93. The number of anilines is 1. The van der Waals surface area contributed by atoms with Crippen LogP contribution in [0.2, 0.25) is 0 Å². The third kappa shape index (κ3) is 3.46. The average molecular weight is 413 g/mol. The molecule has 5 rings (SSSR count). The lowest BCUT2D eigenvalue weighted by Crippen LogP contribution is -2.20. The van der Waals surface area contributed by atoms with Gasteiger partial charge in [-0.2, -0.15) is 0 Å². The number of hydrogen-bond acceptors (Lipinski definition) is 3. The van der Waals surface area contributed by atoms with Crippen LogP contribution in [0.3, 0.4) is 0 Å². The second-order valence-electron chi connectivity index (χ2n) is 8.08. The van der Waals surface area contributed by atoms with Crippen molar-refractivity contribution in [2.75, 3.05) is 11.9 Å². The molecule has 0 saturated carbocycles. The molecule has 0 aromatic heterocycles. The molecule has 0 spiro atoms. The summed E-state index contributed by atoms with van der Waals surface area (Å²) in [5, 5.41) is 12.3. The molecule has 2 aliphatic carbocycles. The summed E-state index contributed by atoms with van der Waals surface area (Å²) in [6.45, 7) is 0.245. The van der Waals surface area contributed by atoms with Crippen LogP contribution in [0.4, 0.5) is 10.5 Å². The van der Waals surface area contributed by atoms with Crippen molar-refractivity contribution >= 4 is 17.7 Å². The Morgan fingerprint density at radius 1 is 0.871 bits per heavy atom. The number of aromatic carboxylic acids is 1. The third-order valence-electron chi connectivity index (χ3n) is 6.35. The minimum Gasteiger partial charge on any atom is -0.478 e. The van der Waals surface area contributed by atoms with Crippen LogP contribution in [0.15, 0.2) is 60.7 Å². The van der Waals surface area contributed by atoms with Gasteiger partial charge in [0.2, 0.25) is 0 Å². The highest BCUT2D eigenvalue weighted by Gasteiger charge is 2.29. The summed E-state index contributed by atoms with van der Waals surface area (Å²) >= 11 is 0. The van der Waals surface area contributed by atoms with Crippen molar-refractivity contribution in [3.63, 3.8) is 0 Å². The Hall–Kier alpha value is -3.60. The summed E-state index contributed by atoms with van der Waals surface area (Å²) in [5.74, 6) is -0.924. The maximum atomic E-state index is 12.6. The predicted octanol–water partition coefficient (Wildman–Crippen LogP) is 5.62. The highest BCUT2D eigenvalue weighted by Crippen LogP contribution is 2.44. The maximum Gasteiger partial charge on any atom is 0.411 e. The fraction of sp³-hybridized carbons (Fsp3) is 0.231. The first-order valence-electron chi connectivity index (χ1n) is 10.6. The number of nitrogens with one attached hydrogen (secondary N) is 1. The average Bonchev–Trinajstić information content (AvgIpc) is 3.11. The third-order valence-corrected chi connectivity index (χ3v) is 6.35.